The highest BCUT2D eigenvalue weighted by atomic mass is 16.2. The van der Waals surface area contributed by atoms with Crippen LogP contribution >= 0.6 is 0 Å². The van der Waals surface area contributed by atoms with Gasteiger partial charge in [-0.05, 0) is 39.3 Å². The van der Waals surface area contributed by atoms with E-state index in [0.717, 1.165) is 25.9 Å². The Bertz CT molecular complexity index is 298. The zero-order chi connectivity index (χ0) is 13.8. The molecule has 0 saturated carbocycles. The third kappa shape index (κ3) is 4.18. The molecule has 110 valence electrons. The summed E-state index contributed by atoms with van der Waals surface area (Å²) in [7, 11) is 2.21. The predicted octanol–water partition coefficient (Wildman–Crippen LogP) is 1.32. The van der Waals surface area contributed by atoms with Crippen LogP contribution in [0.2, 0.25) is 0 Å². The van der Waals surface area contributed by atoms with Crippen molar-refractivity contribution >= 4 is 5.91 Å². The van der Waals surface area contributed by atoms with Crippen molar-refractivity contribution in [2.45, 2.75) is 51.6 Å². The summed E-state index contributed by atoms with van der Waals surface area (Å²) >= 11 is 0. The van der Waals surface area contributed by atoms with E-state index in [1.165, 1.54) is 25.9 Å². The van der Waals surface area contributed by atoms with Crippen LogP contribution in [0.1, 0.15) is 39.5 Å². The molecule has 0 aromatic carbocycles. The van der Waals surface area contributed by atoms with Gasteiger partial charge in [-0.15, -0.1) is 0 Å². The Morgan fingerprint density at radius 3 is 2.37 bits per heavy atom. The van der Waals surface area contributed by atoms with Crippen molar-refractivity contribution in [3.05, 3.63) is 0 Å². The van der Waals surface area contributed by atoms with Crippen molar-refractivity contribution in [2.24, 2.45) is 5.92 Å². The Kier molecular flexibility index (Phi) is 5.22. The van der Waals surface area contributed by atoms with Gasteiger partial charge in [-0.25, -0.2) is 0 Å². The van der Waals surface area contributed by atoms with Crippen LogP contribution in [0.3, 0.4) is 0 Å². The highest BCUT2D eigenvalue weighted by molar-refractivity contribution is 5.78. The molecular weight excluding hydrogens is 238 g/mol. The van der Waals surface area contributed by atoms with E-state index in [1.807, 2.05) is 18.7 Å². The first-order valence-electron chi connectivity index (χ1n) is 7.79. The van der Waals surface area contributed by atoms with Gasteiger partial charge in [0, 0.05) is 37.6 Å². The second kappa shape index (κ2) is 6.71. The number of amides is 1. The van der Waals surface area contributed by atoms with E-state index >= 15 is 0 Å². The van der Waals surface area contributed by atoms with Crippen molar-refractivity contribution in [2.75, 3.05) is 33.2 Å². The standard InChI is InChI=1S/C15H29N3O/c1-12(2)15(19)18-9-6-13(7-10-18)16-14-5-4-8-17(3)11-14/h12-14,16H,4-11H2,1-3H3. The molecule has 0 radical (unpaired) electrons. The first-order valence-corrected chi connectivity index (χ1v) is 7.79. The number of carbonyl (C=O) groups excluding carboxylic acids is 1. The first-order chi connectivity index (χ1) is 9.06. The lowest BCUT2D eigenvalue weighted by Gasteiger charge is -2.37. The average molecular weight is 267 g/mol. The van der Waals surface area contributed by atoms with E-state index in [-0.39, 0.29) is 5.92 Å². The van der Waals surface area contributed by atoms with Gasteiger partial charge in [0.1, 0.15) is 0 Å². The summed E-state index contributed by atoms with van der Waals surface area (Å²) < 4.78 is 0. The summed E-state index contributed by atoms with van der Waals surface area (Å²) in [6, 6.07) is 1.25. The second-order valence-corrected chi connectivity index (χ2v) is 6.52. The maximum atomic E-state index is 11.9. The number of nitrogens with one attached hydrogen (secondary N) is 1. The van der Waals surface area contributed by atoms with Gasteiger partial charge >= 0.3 is 0 Å². The van der Waals surface area contributed by atoms with E-state index in [4.69, 9.17) is 0 Å². The van der Waals surface area contributed by atoms with Gasteiger partial charge in [0.15, 0.2) is 0 Å². The molecule has 1 amide bonds. The van der Waals surface area contributed by atoms with Crippen LogP contribution in [-0.2, 0) is 4.79 Å². The van der Waals surface area contributed by atoms with Gasteiger partial charge in [-0.3, -0.25) is 4.79 Å². The van der Waals surface area contributed by atoms with Crippen LogP contribution in [0.25, 0.3) is 0 Å². The lowest BCUT2D eigenvalue weighted by atomic mass is 9.99. The molecule has 4 heteroatoms. The normalized spacial score (nSPS) is 26.9. The summed E-state index contributed by atoms with van der Waals surface area (Å²) in [6.07, 6.45) is 4.83. The van der Waals surface area contributed by atoms with Gasteiger partial charge in [0.2, 0.25) is 5.91 Å². The molecule has 2 rings (SSSR count). The van der Waals surface area contributed by atoms with Crippen molar-refractivity contribution in [1.82, 2.24) is 15.1 Å². The van der Waals surface area contributed by atoms with E-state index in [0.29, 0.717) is 18.0 Å². The average Bonchev–Trinajstić information content (AvgIpc) is 2.39. The summed E-state index contributed by atoms with van der Waals surface area (Å²) in [5.41, 5.74) is 0. The van der Waals surface area contributed by atoms with Crippen molar-refractivity contribution in [1.29, 1.82) is 0 Å². The lowest BCUT2D eigenvalue weighted by Crippen LogP contribution is -2.52. The third-order valence-corrected chi connectivity index (χ3v) is 4.40. The first kappa shape index (κ1) is 14.8. The molecule has 1 atom stereocenters. The monoisotopic (exact) mass is 267 g/mol. The van der Waals surface area contributed by atoms with Crippen molar-refractivity contribution < 1.29 is 4.79 Å². The van der Waals surface area contributed by atoms with Gasteiger partial charge in [-0.1, -0.05) is 13.8 Å². The van der Waals surface area contributed by atoms with Crippen molar-refractivity contribution in [3.8, 4) is 0 Å². The Morgan fingerprint density at radius 2 is 1.79 bits per heavy atom. The van der Waals surface area contributed by atoms with Gasteiger partial charge in [0.05, 0.1) is 0 Å². The summed E-state index contributed by atoms with van der Waals surface area (Å²) in [4.78, 5) is 16.4. The second-order valence-electron chi connectivity index (χ2n) is 6.52. The maximum absolute atomic E-state index is 11.9. The molecular formula is C15H29N3O. The van der Waals surface area contributed by atoms with E-state index in [2.05, 4.69) is 17.3 Å². The quantitative estimate of drug-likeness (QED) is 0.837. The van der Waals surface area contributed by atoms with E-state index < -0.39 is 0 Å². The van der Waals surface area contributed by atoms with Crippen LogP contribution in [-0.4, -0.2) is 61.0 Å². The molecule has 2 aliphatic rings. The molecule has 0 bridgehead atoms. The number of hydrogen-bond donors (Lipinski definition) is 1. The largest absolute Gasteiger partial charge is 0.342 e. The minimum absolute atomic E-state index is 0.136. The van der Waals surface area contributed by atoms with Crippen LogP contribution in [0.5, 0.6) is 0 Å². The van der Waals surface area contributed by atoms with Crippen LogP contribution in [0, 0.1) is 5.92 Å². The number of piperidine rings is 2. The number of hydrogen-bond acceptors (Lipinski definition) is 3. The molecule has 2 heterocycles. The van der Waals surface area contributed by atoms with Gasteiger partial charge in [0.25, 0.3) is 0 Å². The highest BCUT2D eigenvalue weighted by Crippen LogP contribution is 2.16. The summed E-state index contributed by atoms with van der Waals surface area (Å²) in [5, 5.41) is 3.80. The Labute approximate surface area is 117 Å². The minimum atomic E-state index is 0.136. The van der Waals surface area contributed by atoms with Crippen LogP contribution < -0.4 is 5.32 Å². The molecule has 4 nitrogen and oxygen atoms in total. The number of rotatable bonds is 3. The molecule has 0 aliphatic carbocycles. The molecule has 1 unspecified atom stereocenters. The predicted molar refractivity (Wildman–Crippen MR) is 78.1 cm³/mol. The zero-order valence-electron chi connectivity index (χ0n) is 12.7. The lowest BCUT2D eigenvalue weighted by molar-refractivity contribution is -0.135. The van der Waals surface area contributed by atoms with E-state index in [1.54, 1.807) is 0 Å². The number of carbonyl (C=O) groups is 1. The Hall–Kier alpha value is -0.610. The fraction of sp³-hybridized carbons (Fsp3) is 0.933. The fourth-order valence-electron chi connectivity index (χ4n) is 3.27. The summed E-state index contributed by atoms with van der Waals surface area (Å²) in [5.74, 6) is 0.451. The number of nitrogens with zero attached hydrogens (tertiary/aromatic N) is 2. The SMILES string of the molecule is CC(C)C(=O)N1CCC(NC2CCCN(C)C2)CC1. The highest BCUT2D eigenvalue weighted by Gasteiger charge is 2.26. The molecule has 2 aliphatic heterocycles. The molecule has 0 aromatic heterocycles. The smallest absolute Gasteiger partial charge is 0.225 e. The molecule has 0 aromatic rings. The molecule has 2 fully saturated rings. The summed E-state index contributed by atoms with van der Waals surface area (Å²) in [6.45, 7) is 8.24. The van der Waals surface area contributed by atoms with Gasteiger partial charge < -0.3 is 15.1 Å². The van der Waals surface area contributed by atoms with Crippen LogP contribution in [0.15, 0.2) is 0 Å². The molecule has 19 heavy (non-hydrogen) atoms. The molecule has 2 saturated heterocycles. The number of likely N-dealkylation sites (tertiary alicyclic amines) is 2. The zero-order valence-corrected chi connectivity index (χ0v) is 12.7. The molecule has 1 N–H and O–H groups in total. The molecule has 0 spiro atoms. The fourth-order valence-corrected chi connectivity index (χ4v) is 3.27. The van der Waals surface area contributed by atoms with Crippen molar-refractivity contribution in [3.63, 3.8) is 0 Å². The van der Waals surface area contributed by atoms with Crippen LogP contribution in [0.4, 0.5) is 0 Å². The van der Waals surface area contributed by atoms with Gasteiger partial charge in [-0.2, -0.15) is 0 Å². The third-order valence-electron chi connectivity index (χ3n) is 4.40. The number of likely N-dealkylation sites (N-methyl/N-ethyl adjacent to an activating group) is 1. The topological polar surface area (TPSA) is 35.6 Å². The Balaban J connectivity index is 1.72. The maximum Gasteiger partial charge on any atom is 0.225 e. The Morgan fingerprint density at radius 1 is 1.11 bits per heavy atom. The van der Waals surface area contributed by atoms with E-state index in [9.17, 15) is 4.79 Å². The minimum Gasteiger partial charge on any atom is -0.342 e.